The van der Waals surface area contributed by atoms with Gasteiger partial charge in [0.25, 0.3) is 0 Å². The van der Waals surface area contributed by atoms with E-state index in [-0.39, 0.29) is 11.8 Å². The number of rotatable bonds is 7. The predicted molar refractivity (Wildman–Crippen MR) is 66.9 cm³/mol. The summed E-state index contributed by atoms with van der Waals surface area (Å²) in [6.45, 7) is 5.83. The molecule has 1 aliphatic rings. The minimum Gasteiger partial charge on any atom is -0.313 e. The third-order valence-electron chi connectivity index (χ3n) is 2.86. The smallest absolute Gasteiger partial charge is 0.213 e. The van der Waals surface area contributed by atoms with Gasteiger partial charge in [-0.05, 0) is 38.1 Å². The molecule has 1 heterocycles. The fourth-order valence-electron chi connectivity index (χ4n) is 1.96. The van der Waals surface area contributed by atoms with Gasteiger partial charge in [0.2, 0.25) is 10.0 Å². The third-order valence-corrected chi connectivity index (χ3v) is 4.35. The van der Waals surface area contributed by atoms with Gasteiger partial charge in [0.05, 0.1) is 5.75 Å². The Morgan fingerprint density at radius 1 is 1.44 bits per heavy atom. The van der Waals surface area contributed by atoms with Gasteiger partial charge < -0.3 is 5.32 Å². The van der Waals surface area contributed by atoms with Crippen LogP contribution in [0.1, 0.15) is 39.5 Å². The Bertz CT molecular complexity index is 282. The molecule has 1 saturated heterocycles. The van der Waals surface area contributed by atoms with Gasteiger partial charge in [-0.1, -0.05) is 13.8 Å². The Morgan fingerprint density at radius 3 is 2.75 bits per heavy atom. The minimum absolute atomic E-state index is 0.155. The first-order valence-electron chi connectivity index (χ1n) is 6.20. The van der Waals surface area contributed by atoms with E-state index in [1.807, 2.05) is 0 Å². The molecule has 0 amide bonds. The predicted octanol–water partition coefficient (Wildman–Crippen LogP) is 1.09. The van der Waals surface area contributed by atoms with Gasteiger partial charge in [0, 0.05) is 12.6 Å². The van der Waals surface area contributed by atoms with Gasteiger partial charge >= 0.3 is 0 Å². The van der Waals surface area contributed by atoms with Crippen molar-refractivity contribution in [2.24, 2.45) is 5.92 Å². The van der Waals surface area contributed by atoms with Crippen LogP contribution in [-0.2, 0) is 10.0 Å². The van der Waals surface area contributed by atoms with Crippen molar-refractivity contribution >= 4 is 10.0 Å². The lowest BCUT2D eigenvalue weighted by Gasteiger charge is -2.12. The van der Waals surface area contributed by atoms with Crippen LogP contribution in [-0.4, -0.2) is 33.3 Å². The molecule has 1 rings (SSSR count). The number of hydrogen-bond acceptors (Lipinski definition) is 3. The molecule has 1 atom stereocenters. The molecule has 1 unspecified atom stereocenters. The highest BCUT2D eigenvalue weighted by atomic mass is 32.2. The summed E-state index contributed by atoms with van der Waals surface area (Å²) >= 11 is 0. The number of hydrogen-bond donors (Lipinski definition) is 2. The third kappa shape index (κ3) is 5.82. The summed E-state index contributed by atoms with van der Waals surface area (Å²) in [5, 5.41) is 3.20. The van der Waals surface area contributed by atoms with Crippen LogP contribution in [0.2, 0.25) is 0 Å². The summed E-state index contributed by atoms with van der Waals surface area (Å²) in [6, 6.07) is 0.155. The van der Waals surface area contributed by atoms with E-state index in [1.165, 1.54) is 0 Å². The van der Waals surface area contributed by atoms with E-state index in [0.29, 0.717) is 12.5 Å². The van der Waals surface area contributed by atoms with E-state index in [2.05, 4.69) is 23.9 Å². The average Bonchev–Trinajstić information content (AvgIpc) is 2.64. The molecule has 2 N–H and O–H groups in total. The van der Waals surface area contributed by atoms with Gasteiger partial charge in [0.15, 0.2) is 0 Å². The second-order valence-corrected chi connectivity index (χ2v) is 6.86. The van der Waals surface area contributed by atoms with Crippen molar-refractivity contribution in [2.45, 2.75) is 45.6 Å². The van der Waals surface area contributed by atoms with Gasteiger partial charge in [-0.15, -0.1) is 0 Å². The maximum absolute atomic E-state index is 11.7. The Kier molecular flexibility index (Phi) is 5.72. The Balaban J connectivity index is 2.18. The lowest BCUT2D eigenvalue weighted by atomic mass is 10.1. The average molecular weight is 248 g/mol. The molecular formula is C11H24N2O2S. The van der Waals surface area contributed by atoms with Gasteiger partial charge in [-0.3, -0.25) is 0 Å². The maximum atomic E-state index is 11.7. The molecule has 1 fully saturated rings. The second-order valence-electron chi connectivity index (χ2n) is 5.01. The van der Waals surface area contributed by atoms with Crippen molar-refractivity contribution in [1.29, 1.82) is 0 Å². The largest absolute Gasteiger partial charge is 0.313 e. The SMILES string of the molecule is CC(C)CCCNS(=O)(=O)CC1CCCN1. The van der Waals surface area contributed by atoms with Crippen LogP contribution in [0.15, 0.2) is 0 Å². The van der Waals surface area contributed by atoms with E-state index < -0.39 is 10.0 Å². The van der Waals surface area contributed by atoms with Crippen molar-refractivity contribution in [1.82, 2.24) is 10.0 Å². The molecule has 0 spiro atoms. The van der Waals surface area contributed by atoms with E-state index in [9.17, 15) is 8.42 Å². The molecule has 4 nitrogen and oxygen atoms in total. The quantitative estimate of drug-likeness (QED) is 0.663. The first kappa shape index (κ1) is 13.9. The van der Waals surface area contributed by atoms with Gasteiger partial charge in [-0.2, -0.15) is 0 Å². The van der Waals surface area contributed by atoms with Crippen LogP contribution in [0.25, 0.3) is 0 Å². The first-order chi connectivity index (χ1) is 7.49. The van der Waals surface area contributed by atoms with Crippen LogP contribution in [0.5, 0.6) is 0 Å². The molecule has 16 heavy (non-hydrogen) atoms. The van der Waals surface area contributed by atoms with Crippen LogP contribution in [0.3, 0.4) is 0 Å². The fourth-order valence-corrected chi connectivity index (χ4v) is 3.35. The standard InChI is InChI=1S/C11H24N2O2S/c1-10(2)5-3-8-13-16(14,15)9-11-6-4-7-12-11/h10-13H,3-9H2,1-2H3. The van der Waals surface area contributed by atoms with E-state index in [4.69, 9.17) is 0 Å². The highest BCUT2D eigenvalue weighted by Gasteiger charge is 2.21. The molecule has 96 valence electrons. The summed E-state index contributed by atoms with van der Waals surface area (Å²) in [6.07, 6.45) is 4.07. The van der Waals surface area contributed by atoms with Crippen molar-refractivity contribution in [3.63, 3.8) is 0 Å². The summed E-state index contributed by atoms with van der Waals surface area (Å²) < 4.78 is 26.0. The molecule has 0 aromatic heterocycles. The van der Waals surface area contributed by atoms with Crippen molar-refractivity contribution < 1.29 is 8.42 Å². The minimum atomic E-state index is -3.08. The number of nitrogens with one attached hydrogen (secondary N) is 2. The molecule has 0 radical (unpaired) electrons. The van der Waals surface area contributed by atoms with Crippen LogP contribution in [0, 0.1) is 5.92 Å². The molecule has 0 aliphatic carbocycles. The summed E-state index contributed by atoms with van der Waals surface area (Å²) in [7, 11) is -3.08. The zero-order valence-electron chi connectivity index (χ0n) is 10.3. The Hall–Kier alpha value is -0.130. The summed E-state index contributed by atoms with van der Waals surface area (Å²) in [5.41, 5.74) is 0. The second kappa shape index (κ2) is 6.57. The zero-order valence-corrected chi connectivity index (χ0v) is 11.1. The van der Waals surface area contributed by atoms with E-state index in [0.717, 1.165) is 32.2 Å². The van der Waals surface area contributed by atoms with Crippen LogP contribution >= 0.6 is 0 Å². The van der Waals surface area contributed by atoms with Crippen molar-refractivity contribution in [3.8, 4) is 0 Å². The highest BCUT2D eigenvalue weighted by Crippen LogP contribution is 2.07. The lowest BCUT2D eigenvalue weighted by Crippen LogP contribution is -2.37. The zero-order chi connectivity index (χ0) is 12.0. The lowest BCUT2D eigenvalue weighted by molar-refractivity contribution is 0.534. The Morgan fingerprint density at radius 2 is 2.19 bits per heavy atom. The van der Waals surface area contributed by atoms with Crippen molar-refractivity contribution in [2.75, 3.05) is 18.8 Å². The van der Waals surface area contributed by atoms with Crippen molar-refractivity contribution in [3.05, 3.63) is 0 Å². The molecule has 0 aromatic rings. The molecule has 1 aliphatic heterocycles. The maximum Gasteiger partial charge on any atom is 0.213 e. The molecule has 5 heteroatoms. The molecular weight excluding hydrogens is 224 g/mol. The molecule has 0 bridgehead atoms. The van der Waals surface area contributed by atoms with Gasteiger partial charge in [-0.25, -0.2) is 13.1 Å². The van der Waals surface area contributed by atoms with Crippen LogP contribution in [0.4, 0.5) is 0 Å². The Labute approximate surface area is 99.2 Å². The molecule has 0 aromatic carbocycles. The van der Waals surface area contributed by atoms with Gasteiger partial charge in [0.1, 0.15) is 0 Å². The van der Waals surface area contributed by atoms with E-state index in [1.54, 1.807) is 0 Å². The summed E-state index contributed by atoms with van der Waals surface area (Å²) in [5.74, 6) is 0.871. The molecule has 0 saturated carbocycles. The first-order valence-corrected chi connectivity index (χ1v) is 7.85. The fraction of sp³-hybridized carbons (Fsp3) is 1.00. The van der Waals surface area contributed by atoms with Crippen LogP contribution < -0.4 is 10.0 Å². The monoisotopic (exact) mass is 248 g/mol. The highest BCUT2D eigenvalue weighted by molar-refractivity contribution is 7.89. The normalized spacial score (nSPS) is 21.8. The van der Waals surface area contributed by atoms with E-state index >= 15 is 0 Å². The topological polar surface area (TPSA) is 58.2 Å². The number of sulfonamides is 1. The summed E-state index contributed by atoms with van der Waals surface area (Å²) in [4.78, 5) is 0.